The van der Waals surface area contributed by atoms with Crippen LogP contribution in [0, 0.1) is 11.8 Å². The summed E-state index contributed by atoms with van der Waals surface area (Å²) in [5.41, 5.74) is 2.00. The SMILES string of the molecule is C=C1CC2CCC34CC5OC6C(OC7CCC(CC(=O)CC8C(CC9OC(CCC1O2)CC(C)C9=C)OC(CC(O)C(F)(F)CO)C8OC)OC7C6O3)C5O4. The average molecular weight is 781 g/mol. The Bertz CT molecular complexity index is 1480. The summed E-state index contributed by atoms with van der Waals surface area (Å²) in [7, 11) is 1.47. The van der Waals surface area contributed by atoms with Gasteiger partial charge in [-0.2, -0.15) is 0 Å². The first kappa shape index (κ1) is 39.1. The number of rotatable bonds is 5. The molecule has 10 fully saturated rings. The summed E-state index contributed by atoms with van der Waals surface area (Å²) >= 11 is 0. The molecule has 10 heterocycles. The molecular weight excluding hydrogens is 722 g/mol. The fourth-order valence-corrected chi connectivity index (χ4v) is 11.4. The number of ketones is 1. The van der Waals surface area contributed by atoms with E-state index in [1.54, 1.807) is 0 Å². The van der Waals surface area contributed by atoms with Crippen molar-refractivity contribution in [1.29, 1.82) is 0 Å². The number of aliphatic hydroxyl groups is 2. The number of methoxy groups -OCH3 is 1. The number of carbonyl (C=O) groups is 1. The van der Waals surface area contributed by atoms with Gasteiger partial charge in [0, 0.05) is 51.6 Å². The van der Waals surface area contributed by atoms with Crippen LogP contribution in [0.1, 0.15) is 90.4 Å². The molecule has 1 spiro atoms. The predicted octanol–water partition coefficient (Wildman–Crippen LogP) is 4.11. The van der Waals surface area contributed by atoms with Gasteiger partial charge >= 0.3 is 0 Å². The summed E-state index contributed by atoms with van der Waals surface area (Å²) in [5.74, 6) is -4.97. The van der Waals surface area contributed by atoms with Crippen molar-refractivity contribution in [2.75, 3.05) is 13.7 Å². The van der Waals surface area contributed by atoms with E-state index >= 15 is 0 Å². The molecule has 0 amide bonds. The van der Waals surface area contributed by atoms with Crippen molar-refractivity contribution < 1.29 is 66.4 Å². The molecule has 0 radical (unpaired) electrons. The third kappa shape index (κ3) is 7.21. The molecule has 19 atom stereocenters. The molecule has 55 heavy (non-hydrogen) atoms. The third-order valence-corrected chi connectivity index (χ3v) is 14.4. The molecule has 0 aliphatic carbocycles. The quantitative estimate of drug-likeness (QED) is 0.389. The molecule has 10 aliphatic rings. The first-order valence-electron chi connectivity index (χ1n) is 20.7. The van der Waals surface area contributed by atoms with Gasteiger partial charge in [-0.25, -0.2) is 8.78 Å². The van der Waals surface area contributed by atoms with Crippen LogP contribution < -0.4 is 0 Å². The van der Waals surface area contributed by atoms with Crippen molar-refractivity contribution in [3.8, 4) is 0 Å². The van der Waals surface area contributed by atoms with Crippen molar-refractivity contribution in [3.05, 3.63) is 24.3 Å². The lowest BCUT2D eigenvalue weighted by Crippen LogP contribution is -2.61. The van der Waals surface area contributed by atoms with Crippen molar-refractivity contribution in [3.63, 3.8) is 0 Å². The molecule has 2 N–H and O–H groups in total. The summed E-state index contributed by atoms with van der Waals surface area (Å²) in [5, 5.41) is 19.7. The van der Waals surface area contributed by atoms with Crippen LogP contribution in [0.2, 0.25) is 0 Å². The van der Waals surface area contributed by atoms with E-state index in [1.807, 2.05) is 0 Å². The third-order valence-electron chi connectivity index (χ3n) is 14.4. The van der Waals surface area contributed by atoms with Crippen LogP contribution in [0.25, 0.3) is 0 Å². The van der Waals surface area contributed by atoms with Gasteiger partial charge in [0.25, 0.3) is 5.92 Å². The number of hydrogen-bond donors (Lipinski definition) is 2. The number of alkyl halides is 2. The molecule has 0 saturated carbocycles. The maximum absolute atomic E-state index is 14.4. The van der Waals surface area contributed by atoms with Gasteiger partial charge < -0.3 is 52.8 Å². The fourth-order valence-electron chi connectivity index (χ4n) is 11.4. The largest absolute Gasteiger partial charge is 0.390 e. The first-order valence-corrected chi connectivity index (χ1v) is 20.7. The highest BCUT2D eigenvalue weighted by atomic mass is 19.3. The molecule has 0 aromatic heterocycles. The summed E-state index contributed by atoms with van der Waals surface area (Å²) < 4.78 is 88.1. The van der Waals surface area contributed by atoms with Gasteiger partial charge in [0.1, 0.15) is 49.0 Å². The Labute approximate surface area is 321 Å². The Morgan fingerprint density at radius 2 is 1.55 bits per heavy atom. The number of carbonyl (C=O) groups excluding carboxylic acids is 1. The van der Waals surface area contributed by atoms with Gasteiger partial charge in [-0.3, -0.25) is 4.79 Å². The molecule has 19 unspecified atom stereocenters. The lowest BCUT2D eigenvalue weighted by molar-refractivity contribution is -0.292. The minimum absolute atomic E-state index is 0.00690. The van der Waals surface area contributed by atoms with Crippen LogP contribution >= 0.6 is 0 Å². The number of aliphatic hydroxyl groups excluding tert-OH is 2. The van der Waals surface area contributed by atoms with Crippen LogP contribution in [0.4, 0.5) is 8.78 Å². The Morgan fingerprint density at radius 1 is 0.818 bits per heavy atom. The summed E-state index contributed by atoms with van der Waals surface area (Å²) in [6.45, 7) is 9.42. The monoisotopic (exact) mass is 780 g/mol. The molecule has 12 bridgehead atoms. The maximum atomic E-state index is 14.4. The zero-order valence-corrected chi connectivity index (χ0v) is 31.9. The second-order valence-corrected chi connectivity index (χ2v) is 18.0. The molecular formula is C41H58F2O12. The Kier molecular flexibility index (Phi) is 10.6. The molecule has 14 heteroatoms. The van der Waals surface area contributed by atoms with E-state index in [4.69, 9.17) is 42.6 Å². The molecule has 0 aromatic carbocycles. The van der Waals surface area contributed by atoms with Gasteiger partial charge in [0.2, 0.25) is 0 Å². The van der Waals surface area contributed by atoms with Gasteiger partial charge in [0.05, 0.1) is 61.0 Å². The van der Waals surface area contributed by atoms with Crippen LogP contribution in [0.5, 0.6) is 0 Å². The molecule has 12 nitrogen and oxygen atoms in total. The highest BCUT2D eigenvalue weighted by molar-refractivity contribution is 5.79. The minimum Gasteiger partial charge on any atom is -0.390 e. The van der Waals surface area contributed by atoms with E-state index in [9.17, 15) is 23.8 Å². The minimum atomic E-state index is -3.72. The van der Waals surface area contributed by atoms with Gasteiger partial charge in [-0.1, -0.05) is 20.1 Å². The zero-order chi connectivity index (χ0) is 38.4. The first-order chi connectivity index (χ1) is 26.3. The van der Waals surface area contributed by atoms with E-state index in [0.717, 1.165) is 43.3 Å². The Balaban J connectivity index is 0.993. The summed E-state index contributed by atoms with van der Waals surface area (Å²) in [6, 6.07) is 0. The van der Waals surface area contributed by atoms with E-state index < -0.39 is 73.4 Å². The molecule has 0 aromatic rings. The van der Waals surface area contributed by atoms with Gasteiger partial charge in [-0.15, -0.1) is 0 Å². The normalized spacial score (nSPS) is 50.5. The highest BCUT2D eigenvalue weighted by Crippen LogP contribution is 2.54. The summed E-state index contributed by atoms with van der Waals surface area (Å²) in [4.78, 5) is 14.1. The maximum Gasteiger partial charge on any atom is 0.296 e. The number of Topliss-reactive ketones (excluding diaryl/α,β-unsaturated/α-hetero) is 1. The predicted molar refractivity (Wildman–Crippen MR) is 189 cm³/mol. The van der Waals surface area contributed by atoms with Crippen LogP contribution in [-0.4, -0.2) is 139 Å². The number of fused-ring (bicyclic) bond motifs is 6. The highest BCUT2D eigenvalue weighted by Gasteiger charge is 2.68. The summed E-state index contributed by atoms with van der Waals surface area (Å²) in [6.07, 6.45) is -0.847. The van der Waals surface area contributed by atoms with Crippen molar-refractivity contribution >= 4 is 5.78 Å². The van der Waals surface area contributed by atoms with E-state index in [2.05, 4.69) is 20.1 Å². The Hall–Kier alpha value is -1.43. The molecule has 308 valence electrons. The standard InChI is InChI=1S/C41H58F2O12/c1-19-11-23-5-7-27-20(2)12-25(48-27)9-10-40-17-32-36(54-40)37-38(53-32)39(55-40)35-28(52-37)8-6-24(50-35)13-22(45)14-26-30(15-29(49-23)21(19)3)51-31(34(26)47-4)16-33(46)41(42,43)18-44/h19,23-39,44,46H,2-3,5-18H2,1,4H3. The Morgan fingerprint density at radius 3 is 2.35 bits per heavy atom. The molecule has 10 saturated heterocycles. The topological polar surface area (TPSA) is 141 Å². The second kappa shape index (κ2) is 15.0. The lowest BCUT2D eigenvalue weighted by atomic mass is 9.81. The van der Waals surface area contributed by atoms with Crippen LogP contribution in [0.15, 0.2) is 24.3 Å². The van der Waals surface area contributed by atoms with Crippen LogP contribution in [0.3, 0.4) is 0 Å². The lowest BCUT2D eigenvalue weighted by Gasteiger charge is -2.47. The molecule has 10 aliphatic heterocycles. The number of ether oxygens (including phenoxy) is 9. The van der Waals surface area contributed by atoms with E-state index in [-0.39, 0.29) is 79.5 Å². The average Bonchev–Trinajstić information content (AvgIpc) is 3.83. The van der Waals surface area contributed by atoms with Crippen molar-refractivity contribution in [2.24, 2.45) is 11.8 Å². The smallest absolute Gasteiger partial charge is 0.296 e. The van der Waals surface area contributed by atoms with Gasteiger partial charge in [0.15, 0.2) is 5.79 Å². The number of hydrogen-bond acceptors (Lipinski definition) is 12. The second-order valence-electron chi connectivity index (χ2n) is 18.0. The van der Waals surface area contributed by atoms with Crippen molar-refractivity contribution in [1.82, 2.24) is 0 Å². The van der Waals surface area contributed by atoms with Crippen LogP contribution in [-0.2, 0) is 47.4 Å². The van der Waals surface area contributed by atoms with Gasteiger partial charge in [-0.05, 0) is 62.0 Å². The van der Waals surface area contributed by atoms with E-state index in [0.29, 0.717) is 32.1 Å². The zero-order valence-electron chi connectivity index (χ0n) is 31.9. The molecule has 10 rings (SSSR count). The van der Waals surface area contributed by atoms with E-state index in [1.165, 1.54) is 7.11 Å². The number of halogens is 2. The van der Waals surface area contributed by atoms with Crippen molar-refractivity contribution in [2.45, 2.75) is 200 Å². The fraction of sp³-hybridized carbons (Fsp3) is 0.878.